The lowest BCUT2D eigenvalue weighted by atomic mass is 10.0. The van der Waals surface area contributed by atoms with E-state index in [1.54, 1.807) is 25.3 Å². The Morgan fingerprint density at radius 1 is 1.14 bits per heavy atom. The van der Waals surface area contributed by atoms with Crippen LogP contribution in [0.15, 0.2) is 53.3 Å². The van der Waals surface area contributed by atoms with Gasteiger partial charge in [-0.15, -0.1) is 0 Å². The first kappa shape index (κ1) is 13.2. The molecule has 1 heterocycles. The number of rotatable bonds is 3. The number of aromatic amines is 1. The number of hydrogen-bond acceptors (Lipinski definition) is 3. The molecule has 0 amide bonds. The van der Waals surface area contributed by atoms with E-state index in [4.69, 9.17) is 10.5 Å². The van der Waals surface area contributed by atoms with E-state index in [1.807, 2.05) is 30.3 Å². The zero-order chi connectivity index (χ0) is 14.8. The molecule has 0 saturated heterocycles. The minimum Gasteiger partial charge on any atom is -0.497 e. The minimum absolute atomic E-state index is 0.0518. The summed E-state index contributed by atoms with van der Waals surface area (Å²) < 4.78 is 5.18. The molecule has 0 saturated carbocycles. The maximum absolute atomic E-state index is 12.7. The van der Waals surface area contributed by atoms with E-state index in [1.165, 1.54) is 0 Å². The van der Waals surface area contributed by atoms with Crippen LogP contribution in [0.3, 0.4) is 0 Å². The van der Waals surface area contributed by atoms with Crippen LogP contribution in [0.25, 0.3) is 10.9 Å². The van der Waals surface area contributed by atoms with Crippen LogP contribution >= 0.6 is 0 Å². The quantitative estimate of drug-likeness (QED) is 0.775. The predicted octanol–water partition coefficient (Wildman–Crippen LogP) is 2.71. The van der Waals surface area contributed by atoms with E-state index in [0.29, 0.717) is 28.9 Å². The highest BCUT2D eigenvalue weighted by atomic mass is 16.5. The molecule has 0 fully saturated rings. The third-order valence-electron chi connectivity index (χ3n) is 3.56. The summed E-state index contributed by atoms with van der Waals surface area (Å²) in [5.74, 6) is 1.07. The van der Waals surface area contributed by atoms with Crippen LogP contribution in [-0.4, -0.2) is 12.1 Å². The maximum atomic E-state index is 12.7. The van der Waals surface area contributed by atoms with Gasteiger partial charge in [0.1, 0.15) is 11.6 Å². The van der Waals surface area contributed by atoms with Gasteiger partial charge in [-0.05, 0) is 23.8 Å². The predicted molar refractivity (Wildman–Crippen MR) is 84.8 cm³/mol. The Balaban J connectivity index is 2.16. The van der Waals surface area contributed by atoms with E-state index in [9.17, 15) is 4.79 Å². The van der Waals surface area contributed by atoms with Crippen molar-refractivity contribution in [1.29, 1.82) is 0 Å². The zero-order valence-corrected chi connectivity index (χ0v) is 11.7. The number of ether oxygens (including phenoxy) is 1. The molecule has 106 valence electrons. The van der Waals surface area contributed by atoms with Gasteiger partial charge in [0.25, 0.3) is 0 Å². The summed E-state index contributed by atoms with van der Waals surface area (Å²) in [5, 5.41) is 0.592. The van der Waals surface area contributed by atoms with Crippen molar-refractivity contribution >= 4 is 16.7 Å². The first-order chi connectivity index (χ1) is 10.2. The van der Waals surface area contributed by atoms with E-state index < -0.39 is 0 Å². The minimum atomic E-state index is -0.0518. The fraction of sp³-hybridized carbons (Fsp3) is 0.118. The van der Waals surface area contributed by atoms with Crippen molar-refractivity contribution in [3.8, 4) is 5.75 Å². The molecular formula is C17H16N2O2. The Bertz CT molecular complexity index is 839. The second-order valence-electron chi connectivity index (χ2n) is 4.92. The summed E-state index contributed by atoms with van der Waals surface area (Å²) >= 11 is 0. The van der Waals surface area contributed by atoms with Crippen LogP contribution in [0.4, 0.5) is 5.82 Å². The Hall–Kier alpha value is -2.75. The van der Waals surface area contributed by atoms with Gasteiger partial charge in [0.15, 0.2) is 5.43 Å². The van der Waals surface area contributed by atoms with Crippen molar-refractivity contribution < 1.29 is 4.74 Å². The molecule has 3 N–H and O–H groups in total. The molecular weight excluding hydrogens is 264 g/mol. The highest BCUT2D eigenvalue weighted by Gasteiger charge is 2.11. The molecule has 0 bridgehead atoms. The number of aromatic nitrogens is 1. The SMILES string of the molecule is COc1ccc2[nH]c(N)c(Cc3ccccc3)c(=O)c2c1. The summed E-state index contributed by atoms with van der Waals surface area (Å²) in [4.78, 5) is 15.8. The second kappa shape index (κ2) is 5.32. The van der Waals surface area contributed by atoms with Gasteiger partial charge in [0.2, 0.25) is 0 Å². The van der Waals surface area contributed by atoms with Crippen molar-refractivity contribution in [2.75, 3.05) is 12.8 Å². The topological polar surface area (TPSA) is 68.1 Å². The lowest BCUT2D eigenvalue weighted by molar-refractivity contribution is 0.415. The smallest absolute Gasteiger partial charge is 0.195 e. The van der Waals surface area contributed by atoms with Crippen molar-refractivity contribution in [3.63, 3.8) is 0 Å². The number of methoxy groups -OCH3 is 1. The lowest BCUT2D eigenvalue weighted by Gasteiger charge is -2.09. The maximum Gasteiger partial charge on any atom is 0.195 e. The number of H-pyrrole nitrogens is 1. The summed E-state index contributed by atoms with van der Waals surface area (Å²) in [5.41, 5.74) is 8.32. The molecule has 1 aromatic heterocycles. The highest BCUT2D eigenvalue weighted by molar-refractivity contribution is 5.82. The van der Waals surface area contributed by atoms with Crippen LogP contribution in [0.1, 0.15) is 11.1 Å². The molecule has 3 rings (SSSR count). The molecule has 0 unspecified atom stereocenters. The normalized spacial score (nSPS) is 10.7. The van der Waals surface area contributed by atoms with E-state index in [0.717, 1.165) is 11.1 Å². The number of pyridine rings is 1. The largest absolute Gasteiger partial charge is 0.497 e. The van der Waals surface area contributed by atoms with Gasteiger partial charge in [0.05, 0.1) is 12.6 Å². The van der Waals surface area contributed by atoms with Crippen molar-refractivity contribution in [3.05, 3.63) is 69.9 Å². The fourth-order valence-corrected chi connectivity index (χ4v) is 2.43. The molecule has 3 aromatic rings. The average molecular weight is 280 g/mol. The summed E-state index contributed by atoms with van der Waals surface area (Å²) in [6, 6.07) is 15.1. The molecule has 0 radical (unpaired) electrons. The number of benzene rings is 2. The van der Waals surface area contributed by atoms with Gasteiger partial charge in [-0.2, -0.15) is 0 Å². The Morgan fingerprint density at radius 2 is 1.90 bits per heavy atom. The Kier molecular flexibility index (Phi) is 3.36. The van der Waals surface area contributed by atoms with Crippen molar-refractivity contribution in [1.82, 2.24) is 4.98 Å². The molecule has 0 aliphatic rings. The Labute approximate surface area is 122 Å². The van der Waals surface area contributed by atoms with Crippen LogP contribution < -0.4 is 15.9 Å². The molecule has 2 aromatic carbocycles. The molecule has 0 aliphatic carbocycles. The zero-order valence-electron chi connectivity index (χ0n) is 11.7. The summed E-state index contributed by atoms with van der Waals surface area (Å²) in [6.07, 6.45) is 0.509. The number of nitrogens with two attached hydrogens (primary N) is 1. The summed E-state index contributed by atoms with van der Waals surface area (Å²) in [6.45, 7) is 0. The number of nitrogens with one attached hydrogen (secondary N) is 1. The third kappa shape index (κ3) is 2.48. The molecule has 0 aliphatic heterocycles. The van der Waals surface area contributed by atoms with Crippen molar-refractivity contribution in [2.45, 2.75) is 6.42 Å². The standard InChI is InChI=1S/C17H16N2O2/c1-21-12-7-8-15-13(10-12)16(20)14(17(18)19-15)9-11-5-3-2-4-6-11/h2-8,10H,9H2,1H3,(H3,18,19,20). The van der Waals surface area contributed by atoms with Crippen LogP contribution in [0.5, 0.6) is 5.75 Å². The van der Waals surface area contributed by atoms with Gasteiger partial charge < -0.3 is 15.5 Å². The molecule has 21 heavy (non-hydrogen) atoms. The average Bonchev–Trinajstić information content (AvgIpc) is 2.52. The lowest BCUT2D eigenvalue weighted by Crippen LogP contribution is -2.15. The number of fused-ring (bicyclic) bond motifs is 1. The second-order valence-corrected chi connectivity index (χ2v) is 4.92. The first-order valence-electron chi connectivity index (χ1n) is 6.71. The molecule has 4 heteroatoms. The number of nitrogen functional groups attached to an aromatic ring is 1. The monoisotopic (exact) mass is 280 g/mol. The number of anilines is 1. The van der Waals surface area contributed by atoms with Crippen LogP contribution in [0.2, 0.25) is 0 Å². The number of hydrogen-bond donors (Lipinski definition) is 2. The molecule has 0 spiro atoms. The van der Waals surface area contributed by atoms with Crippen LogP contribution in [-0.2, 0) is 6.42 Å². The summed E-state index contributed by atoms with van der Waals surface area (Å²) in [7, 11) is 1.58. The van der Waals surface area contributed by atoms with Gasteiger partial charge in [-0.3, -0.25) is 4.79 Å². The first-order valence-corrected chi connectivity index (χ1v) is 6.71. The van der Waals surface area contributed by atoms with E-state index >= 15 is 0 Å². The molecule has 0 atom stereocenters. The third-order valence-corrected chi connectivity index (χ3v) is 3.56. The van der Waals surface area contributed by atoms with Gasteiger partial charge in [0, 0.05) is 17.4 Å². The Morgan fingerprint density at radius 3 is 2.62 bits per heavy atom. The van der Waals surface area contributed by atoms with Crippen LogP contribution in [0, 0.1) is 0 Å². The fourth-order valence-electron chi connectivity index (χ4n) is 2.43. The van der Waals surface area contributed by atoms with Gasteiger partial charge in [-0.1, -0.05) is 30.3 Å². The van der Waals surface area contributed by atoms with E-state index in [-0.39, 0.29) is 5.43 Å². The van der Waals surface area contributed by atoms with Crippen molar-refractivity contribution in [2.24, 2.45) is 0 Å². The van der Waals surface area contributed by atoms with Gasteiger partial charge >= 0.3 is 0 Å². The van der Waals surface area contributed by atoms with Gasteiger partial charge in [-0.25, -0.2) is 0 Å². The van der Waals surface area contributed by atoms with E-state index in [2.05, 4.69) is 4.98 Å². The molecule has 4 nitrogen and oxygen atoms in total. The highest BCUT2D eigenvalue weighted by Crippen LogP contribution is 2.20.